The third-order valence-electron chi connectivity index (χ3n) is 1.02. The van der Waals surface area contributed by atoms with Crippen LogP contribution in [0.5, 0.6) is 0 Å². The first-order valence-electron chi connectivity index (χ1n) is 3.59. The lowest BCUT2D eigenvalue weighted by atomic mass is 9.96. The number of hydrogen-bond donors (Lipinski definition) is 0. The average molecular weight is 140 g/mol. The number of ketones is 1. The normalized spacial score (nSPS) is 12.4. The van der Waals surface area contributed by atoms with Gasteiger partial charge in [-0.2, -0.15) is 0 Å². The second kappa shape index (κ2) is 3.55. The molecule has 58 valence electrons. The molecule has 0 saturated heterocycles. The van der Waals surface area contributed by atoms with Gasteiger partial charge in [-0.25, -0.2) is 0 Å². The van der Waals surface area contributed by atoms with E-state index in [1.54, 1.807) is 6.92 Å². The van der Waals surface area contributed by atoms with Crippen molar-refractivity contribution in [2.75, 3.05) is 0 Å². The predicted octanol–water partition coefficient (Wildman–Crippen LogP) is 2.57. The summed E-state index contributed by atoms with van der Waals surface area (Å²) in [6.07, 6.45) is 4.56. The molecule has 0 bridgehead atoms. The molecule has 0 fully saturated rings. The Morgan fingerprint density at radius 1 is 1.40 bits per heavy atom. The van der Waals surface area contributed by atoms with E-state index in [1.807, 2.05) is 6.08 Å². The zero-order chi connectivity index (χ0) is 8.20. The van der Waals surface area contributed by atoms with E-state index in [0.717, 1.165) is 0 Å². The van der Waals surface area contributed by atoms with Gasteiger partial charge >= 0.3 is 0 Å². The second-order valence-electron chi connectivity index (χ2n) is 3.67. The lowest BCUT2D eigenvalue weighted by Crippen LogP contribution is -1.98. The molecule has 0 spiro atoms. The molecule has 0 heterocycles. The highest BCUT2D eigenvalue weighted by Crippen LogP contribution is 2.14. The maximum atomic E-state index is 10.5. The fraction of sp³-hybridized carbons (Fsp3) is 0.667. The van der Waals surface area contributed by atoms with Crippen molar-refractivity contribution in [2.45, 2.75) is 34.1 Å². The minimum atomic E-state index is 0.204. The van der Waals surface area contributed by atoms with E-state index in [2.05, 4.69) is 26.8 Å². The summed E-state index contributed by atoms with van der Waals surface area (Å²) in [5, 5.41) is 0. The van der Waals surface area contributed by atoms with E-state index in [-0.39, 0.29) is 11.2 Å². The summed E-state index contributed by atoms with van der Waals surface area (Å²) < 4.78 is 0. The Morgan fingerprint density at radius 2 is 1.90 bits per heavy atom. The van der Waals surface area contributed by atoms with Crippen LogP contribution in [0.15, 0.2) is 12.2 Å². The van der Waals surface area contributed by atoms with Crippen molar-refractivity contribution in [1.29, 1.82) is 0 Å². The highest BCUT2D eigenvalue weighted by atomic mass is 16.1. The van der Waals surface area contributed by atoms with Crippen molar-refractivity contribution >= 4 is 5.78 Å². The summed E-state index contributed by atoms with van der Waals surface area (Å²) in [6, 6.07) is 0. The molecule has 0 aromatic carbocycles. The molecule has 0 aliphatic carbocycles. The van der Waals surface area contributed by atoms with E-state index in [1.165, 1.54) is 0 Å². The SMILES string of the molecule is CC(=O)C/C=C/C(C)(C)C. The van der Waals surface area contributed by atoms with Crippen molar-refractivity contribution in [2.24, 2.45) is 5.41 Å². The predicted molar refractivity (Wildman–Crippen MR) is 43.9 cm³/mol. The van der Waals surface area contributed by atoms with Crippen LogP contribution in [0.1, 0.15) is 34.1 Å². The van der Waals surface area contributed by atoms with E-state index in [4.69, 9.17) is 0 Å². The van der Waals surface area contributed by atoms with Crippen molar-refractivity contribution in [3.05, 3.63) is 12.2 Å². The Balaban J connectivity index is 3.67. The third-order valence-corrected chi connectivity index (χ3v) is 1.02. The standard InChI is InChI=1S/C9H16O/c1-8(10)6-5-7-9(2,3)4/h5,7H,6H2,1-4H3/b7-5+. The van der Waals surface area contributed by atoms with Gasteiger partial charge in [-0.3, -0.25) is 4.79 Å². The molecule has 0 radical (unpaired) electrons. The van der Waals surface area contributed by atoms with Gasteiger partial charge in [-0.15, -0.1) is 0 Å². The molecular weight excluding hydrogens is 124 g/mol. The van der Waals surface area contributed by atoms with Gasteiger partial charge in [0.05, 0.1) is 0 Å². The maximum absolute atomic E-state index is 10.5. The lowest BCUT2D eigenvalue weighted by Gasteiger charge is -2.10. The fourth-order valence-electron chi connectivity index (χ4n) is 0.578. The van der Waals surface area contributed by atoms with Crippen LogP contribution in [0.4, 0.5) is 0 Å². The molecule has 0 aliphatic rings. The molecule has 0 rings (SSSR count). The van der Waals surface area contributed by atoms with Crippen molar-refractivity contribution < 1.29 is 4.79 Å². The molecule has 0 atom stereocenters. The van der Waals surface area contributed by atoms with Crippen LogP contribution >= 0.6 is 0 Å². The second-order valence-corrected chi connectivity index (χ2v) is 3.67. The molecule has 0 N–H and O–H groups in total. The Bertz CT molecular complexity index is 137. The van der Waals surface area contributed by atoms with Gasteiger partial charge in [0.25, 0.3) is 0 Å². The zero-order valence-electron chi connectivity index (χ0n) is 7.27. The largest absolute Gasteiger partial charge is 0.300 e. The van der Waals surface area contributed by atoms with E-state index >= 15 is 0 Å². The maximum Gasteiger partial charge on any atom is 0.133 e. The van der Waals surface area contributed by atoms with Gasteiger partial charge in [-0.1, -0.05) is 32.9 Å². The highest BCUT2D eigenvalue weighted by molar-refractivity contribution is 5.76. The number of carbonyl (C=O) groups excluding carboxylic acids is 1. The van der Waals surface area contributed by atoms with Crippen LogP contribution in [0.3, 0.4) is 0 Å². The summed E-state index contributed by atoms with van der Waals surface area (Å²) in [4.78, 5) is 10.5. The molecule has 0 aliphatic heterocycles. The number of hydrogen-bond acceptors (Lipinski definition) is 1. The summed E-state index contributed by atoms with van der Waals surface area (Å²) in [7, 11) is 0. The van der Waals surface area contributed by atoms with Crippen molar-refractivity contribution in [3.8, 4) is 0 Å². The molecule has 0 saturated carbocycles. The first-order valence-corrected chi connectivity index (χ1v) is 3.59. The summed E-state index contributed by atoms with van der Waals surface area (Å²) in [6.45, 7) is 7.95. The van der Waals surface area contributed by atoms with Gasteiger partial charge in [0.1, 0.15) is 5.78 Å². The molecule has 0 aromatic rings. The van der Waals surface area contributed by atoms with Gasteiger partial charge < -0.3 is 0 Å². The highest BCUT2D eigenvalue weighted by Gasteiger charge is 2.02. The number of carbonyl (C=O) groups is 1. The van der Waals surface area contributed by atoms with Crippen LogP contribution in [-0.2, 0) is 4.79 Å². The molecule has 0 unspecified atom stereocenters. The monoisotopic (exact) mass is 140 g/mol. The Labute approximate surface area is 63.1 Å². The van der Waals surface area contributed by atoms with Crippen LogP contribution in [0.25, 0.3) is 0 Å². The molecular formula is C9H16O. The minimum Gasteiger partial charge on any atom is -0.300 e. The van der Waals surface area contributed by atoms with E-state index in [0.29, 0.717) is 6.42 Å². The van der Waals surface area contributed by atoms with Crippen LogP contribution in [-0.4, -0.2) is 5.78 Å². The first-order chi connectivity index (χ1) is 4.42. The molecule has 0 aromatic heterocycles. The van der Waals surface area contributed by atoms with Gasteiger partial charge in [0.15, 0.2) is 0 Å². The minimum absolute atomic E-state index is 0.204. The average Bonchev–Trinajstić information content (AvgIpc) is 1.59. The van der Waals surface area contributed by atoms with Crippen LogP contribution < -0.4 is 0 Å². The quantitative estimate of drug-likeness (QED) is 0.539. The van der Waals surface area contributed by atoms with Crippen LogP contribution in [0, 0.1) is 5.41 Å². The molecule has 1 heteroatoms. The Hall–Kier alpha value is -0.590. The number of allylic oxidation sites excluding steroid dienone is 2. The Morgan fingerprint density at radius 3 is 2.20 bits per heavy atom. The van der Waals surface area contributed by atoms with Crippen molar-refractivity contribution in [3.63, 3.8) is 0 Å². The molecule has 1 nitrogen and oxygen atoms in total. The lowest BCUT2D eigenvalue weighted by molar-refractivity contribution is -0.116. The van der Waals surface area contributed by atoms with E-state index in [9.17, 15) is 4.79 Å². The first kappa shape index (κ1) is 9.41. The summed E-state index contributed by atoms with van der Waals surface area (Å²) in [5.41, 5.74) is 0.204. The van der Waals surface area contributed by atoms with Gasteiger partial charge in [0, 0.05) is 6.42 Å². The number of Topliss-reactive ketones (excluding diaryl/α,β-unsaturated/α-hetero) is 1. The van der Waals surface area contributed by atoms with Gasteiger partial charge in [-0.05, 0) is 12.3 Å². The van der Waals surface area contributed by atoms with Crippen molar-refractivity contribution in [1.82, 2.24) is 0 Å². The number of rotatable bonds is 2. The topological polar surface area (TPSA) is 17.1 Å². The molecule has 10 heavy (non-hydrogen) atoms. The fourth-order valence-corrected chi connectivity index (χ4v) is 0.578. The van der Waals surface area contributed by atoms with E-state index < -0.39 is 0 Å². The smallest absolute Gasteiger partial charge is 0.133 e. The van der Waals surface area contributed by atoms with Crippen LogP contribution in [0.2, 0.25) is 0 Å². The molecule has 0 amide bonds. The Kier molecular flexibility index (Phi) is 3.34. The third kappa shape index (κ3) is 7.41. The van der Waals surface area contributed by atoms with Gasteiger partial charge in [0.2, 0.25) is 0 Å². The summed E-state index contributed by atoms with van der Waals surface area (Å²) in [5.74, 6) is 0.223. The summed E-state index contributed by atoms with van der Waals surface area (Å²) >= 11 is 0. The zero-order valence-corrected chi connectivity index (χ0v) is 7.27.